The van der Waals surface area contributed by atoms with Crippen LogP contribution in [0.4, 0.5) is 18.9 Å². The van der Waals surface area contributed by atoms with E-state index in [1.54, 1.807) is 0 Å². The van der Waals surface area contributed by atoms with E-state index in [-0.39, 0.29) is 19.3 Å². The molecule has 10 heteroatoms. The first kappa shape index (κ1) is 16.4. The fourth-order valence-corrected chi connectivity index (χ4v) is 4.19. The van der Waals surface area contributed by atoms with E-state index in [1.807, 2.05) is 4.72 Å². The number of nitrogens with one attached hydrogen (secondary N) is 1. The SMILES string of the molecule is O=S(=O)(Nc1cc(C(F)(F)F)ccc1Cl)c1ccc(Cl)s1. The minimum absolute atomic E-state index is 0.124. The van der Waals surface area contributed by atoms with Crippen molar-refractivity contribution in [3.63, 3.8) is 0 Å². The Kier molecular flexibility index (Phi) is 4.44. The van der Waals surface area contributed by atoms with E-state index in [0.717, 1.165) is 23.5 Å². The summed E-state index contributed by atoms with van der Waals surface area (Å²) in [5.41, 5.74) is -1.36. The smallest absolute Gasteiger partial charge is 0.277 e. The number of halogens is 5. The van der Waals surface area contributed by atoms with E-state index < -0.39 is 21.8 Å². The van der Waals surface area contributed by atoms with Crippen LogP contribution in [-0.2, 0) is 16.2 Å². The summed E-state index contributed by atoms with van der Waals surface area (Å²) in [4.78, 5) is 0. The molecule has 1 N–H and O–H groups in total. The van der Waals surface area contributed by atoms with E-state index in [9.17, 15) is 21.6 Å². The maximum atomic E-state index is 12.6. The van der Waals surface area contributed by atoms with E-state index >= 15 is 0 Å². The average molecular weight is 376 g/mol. The molecule has 114 valence electrons. The molecule has 0 aliphatic rings. The van der Waals surface area contributed by atoms with E-state index in [0.29, 0.717) is 6.07 Å². The fourth-order valence-electron chi connectivity index (χ4n) is 1.42. The van der Waals surface area contributed by atoms with Crippen molar-refractivity contribution in [2.75, 3.05) is 4.72 Å². The lowest BCUT2D eigenvalue weighted by Crippen LogP contribution is -2.13. The molecule has 1 aromatic heterocycles. The molecule has 0 radical (unpaired) electrons. The molecular formula is C11H6Cl2F3NO2S2. The van der Waals surface area contributed by atoms with Crippen molar-refractivity contribution in [2.45, 2.75) is 10.4 Å². The second-order valence-corrected chi connectivity index (χ2v) is 7.89. The molecular weight excluding hydrogens is 370 g/mol. The molecule has 21 heavy (non-hydrogen) atoms. The van der Waals surface area contributed by atoms with Crippen LogP contribution in [0.1, 0.15) is 5.56 Å². The zero-order chi connectivity index (χ0) is 15.8. The van der Waals surface area contributed by atoms with Gasteiger partial charge in [-0.3, -0.25) is 4.72 Å². The third kappa shape index (κ3) is 3.82. The zero-order valence-corrected chi connectivity index (χ0v) is 13.1. The van der Waals surface area contributed by atoms with Gasteiger partial charge in [-0.05, 0) is 30.3 Å². The first-order valence-electron chi connectivity index (χ1n) is 5.24. The van der Waals surface area contributed by atoms with Gasteiger partial charge in [0.15, 0.2) is 0 Å². The molecule has 1 aromatic carbocycles. The molecule has 0 fully saturated rings. The van der Waals surface area contributed by atoms with Crippen molar-refractivity contribution < 1.29 is 21.6 Å². The van der Waals surface area contributed by atoms with Crippen molar-refractivity contribution in [3.05, 3.63) is 45.3 Å². The van der Waals surface area contributed by atoms with Gasteiger partial charge in [0.2, 0.25) is 0 Å². The Bertz CT molecular complexity index is 772. The Morgan fingerprint density at radius 1 is 1.10 bits per heavy atom. The van der Waals surface area contributed by atoms with Crippen LogP contribution in [0.2, 0.25) is 9.36 Å². The number of anilines is 1. The second-order valence-electron chi connectivity index (χ2n) is 3.86. The van der Waals surface area contributed by atoms with Gasteiger partial charge in [0.05, 0.1) is 20.6 Å². The van der Waals surface area contributed by atoms with Crippen LogP contribution >= 0.6 is 34.5 Å². The Morgan fingerprint density at radius 3 is 2.29 bits per heavy atom. The van der Waals surface area contributed by atoms with Crippen LogP contribution in [0.25, 0.3) is 0 Å². The summed E-state index contributed by atoms with van der Waals surface area (Å²) in [7, 11) is -4.04. The standard InChI is InChI=1S/C11H6Cl2F3NO2S2/c12-7-2-1-6(11(14,15)16)5-8(7)17-21(18,19)10-4-3-9(13)20-10/h1-5,17H. The third-order valence-corrected chi connectivity index (χ3v) is 5.77. The van der Waals surface area contributed by atoms with Crippen LogP contribution in [-0.4, -0.2) is 8.42 Å². The number of hydrogen-bond donors (Lipinski definition) is 1. The first-order chi connectivity index (χ1) is 9.59. The third-order valence-electron chi connectivity index (χ3n) is 2.35. The van der Waals surface area contributed by atoms with Crippen molar-refractivity contribution in [1.82, 2.24) is 0 Å². The predicted octanol–water partition coefficient (Wildman–Crippen LogP) is 4.87. The highest BCUT2D eigenvalue weighted by atomic mass is 35.5. The molecule has 1 heterocycles. The number of rotatable bonds is 3. The minimum atomic E-state index is -4.60. The van der Waals surface area contributed by atoms with Gasteiger partial charge in [-0.2, -0.15) is 13.2 Å². The topological polar surface area (TPSA) is 46.2 Å². The number of benzene rings is 1. The largest absolute Gasteiger partial charge is 0.416 e. The molecule has 0 spiro atoms. The monoisotopic (exact) mass is 375 g/mol. The number of thiophene rings is 1. The molecule has 0 atom stereocenters. The molecule has 0 saturated carbocycles. The summed E-state index contributed by atoms with van der Waals surface area (Å²) in [6, 6.07) is 4.99. The normalized spacial score (nSPS) is 12.4. The lowest BCUT2D eigenvalue weighted by atomic mass is 10.2. The van der Waals surface area contributed by atoms with E-state index in [1.165, 1.54) is 12.1 Å². The lowest BCUT2D eigenvalue weighted by molar-refractivity contribution is -0.137. The Morgan fingerprint density at radius 2 is 1.76 bits per heavy atom. The minimum Gasteiger partial charge on any atom is -0.277 e. The summed E-state index contributed by atoms with van der Waals surface area (Å²) in [6.07, 6.45) is -4.60. The number of sulfonamides is 1. The molecule has 0 aliphatic heterocycles. The van der Waals surface area contributed by atoms with Gasteiger partial charge in [-0.1, -0.05) is 23.2 Å². The molecule has 2 rings (SSSR count). The van der Waals surface area contributed by atoms with Gasteiger partial charge in [-0.25, -0.2) is 8.42 Å². The Hall–Kier alpha value is -0.960. The summed E-state index contributed by atoms with van der Waals surface area (Å²) < 4.78 is 64.1. The second kappa shape index (κ2) is 5.68. The fraction of sp³-hybridized carbons (Fsp3) is 0.0909. The molecule has 0 unspecified atom stereocenters. The highest BCUT2D eigenvalue weighted by molar-refractivity contribution is 7.94. The first-order valence-corrected chi connectivity index (χ1v) is 8.30. The van der Waals surface area contributed by atoms with Gasteiger partial charge < -0.3 is 0 Å². The molecule has 0 saturated heterocycles. The molecule has 3 nitrogen and oxygen atoms in total. The molecule has 0 aliphatic carbocycles. The average Bonchev–Trinajstić information content (AvgIpc) is 2.78. The van der Waals surface area contributed by atoms with Crippen LogP contribution in [0, 0.1) is 0 Å². The van der Waals surface area contributed by atoms with Gasteiger partial charge in [0, 0.05) is 0 Å². The summed E-state index contributed by atoms with van der Waals surface area (Å²) in [5, 5.41) is -0.144. The Balaban J connectivity index is 2.39. The molecule has 0 amide bonds. The van der Waals surface area contributed by atoms with Crippen LogP contribution in [0.15, 0.2) is 34.5 Å². The highest BCUT2D eigenvalue weighted by Gasteiger charge is 2.31. The van der Waals surface area contributed by atoms with Crippen molar-refractivity contribution >= 4 is 50.2 Å². The lowest BCUT2D eigenvalue weighted by Gasteiger charge is -2.12. The number of hydrogen-bond acceptors (Lipinski definition) is 3. The molecule has 0 bridgehead atoms. The van der Waals surface area contributed by atoms with Gasteiger partial charge in [0.1, 0.15) is 4.21 Å². The zero-order valence-electron chi connectivity index (χ0n) is 9.91. The number of alkyl halides is 3. The maximum Gasteiger partial charge on any atom is 0.416 e. The van der Waals surface area contributed by atoms with Gasteiger partial charge >= 0.3 is 6.18 Å². The highest BCUT2D eigenvalue weighted by Crippen LogP contribution is 2.35. The van der Waals surface area contributed by atoms with Gasteiger partial charge in [-0.15, -0.1) is 11.3 Å². The molecule has 2 aromatic rings. The quantitative estimate of drug-likeness (QED) is 0.831. The van der Waals surface area contributed by atoms with Crippen LogP contribution in [0.3, 0.4) is 0 Å². The van der Waals surface area contributed by atoms with E-state index in [2.05, 4.69) is 0 Å². The predicted molar refractivity (Wildman–Crippen MR) is 76.6 cm³/mol. The van der Waals surface area contributed by atoms with Crippen LogP contribution in [0.5, 0.6) is 0 Å². The van der Waals surface area contributed by atoms with E-state index in [4.69, 9.17) is 23.2 Å². The van der Waals surface area contributed by atoms with Crippen molar-refractivity contribution in [3.8, 4) is 0 Å². The summed E-state index contributed by atoms with van der Waals surface area (Å²) >= 11 is 12.1. The maximum absolute atomic E-state index is 12.6. The van der Waals surface area contributed by atoms with Crippen molar-refractivity contribution in [2.24, 2.45) is 0 Å². The summed E-state index contributed by atoms with van der Waals surface area (Å²) in [5.74, 6) is 0. The van der Waals surface area contributed by atoms with Crippen molar-refractivity contribution in [1.29, 1.82) is 0 Å². The van der Waals surface area contributed by atoms with Crippen LogP contribution < -0.4 is 4.72 Å². The Labute approximate surface area is 132 Å². The summed E-state index contributed by atoms with van der Waals surface area (Å²) in [6.45, 7) is 0. The van der Waals surface area contributed by atoms with Gasteiger partial charge in [0.25, 0.3) is 10.0 Å².